The van der Waals surface area contributed by atoms with E-state index >= 15 is 0 Å². The molecule has 0 saturated heterocycles. The molecule has 1 aliphatic heterocycles. The third-order valence-corrected chi connectivity index (χ3v) is 6.36. The molecular formula is C28H33N3O3. The van der Waals surface area contributed by atoms with E-state index in [1.54, 1.807) is 0 Å². The molecule has 0 fully saturated rings. The molecule has 3 aromatic rings. The summed E-state index contributed by atoms with van der Waals surface area (Å²) in [5, 5.41) is 9.00. The minimum absolute atomic E-state index is 0.124. The number of rotatable bonds is 9. The van der Waals surface area contributed by atoms with E-state index in [2.05, 4.69) is 47.1 Å². The monoisotopic (exact) mass is 459 g/mol. The minimum atomic E-state index is -0.741. The number of nitrogens with zero attached hydrogens (tertiary/aromatic N) is 3. The van der Waals surface area contributed by atoms with Crippen molar-refractivity contribution in [3.8, 4) is 17.1 Å². The van der Waals surface area contributed by atoms with Gasteiger partial charge in [-0.25, -0.2) is 9.97 Å². The zero-order valence-electron chi connectivity index (χ0n) is 20.3. The van der Waals surface area contributed by atoms with Crippen LogP contribution in [0.25, 0.3) is 11.4 Å². The lowest BCUT2D eigenvalue weighted by atomic mass is 10.0. The van der Waals surface area contributed by atoms with Gasteiger partial charge in [0.15, 0.2) is 5.82 Å². The van der Waals surface area contributed by atoms with Gasteiger partial charge in [-0.05, 0) is 54.2 Å². The van der Waals surface area contributed by atoms with Crippen molar-refractivity contribution in [3.63, 3.8) is 0 Å². The van der Waals surface area contributed by atoms with Crippen LogP contribution < -0.4 is 4.74 Å². The Morgan fingerprint density at radius 1 is 1.18 bits per heavy atom. The van der Waals surface area contributed by atoms with Crippen LogP contribution in [-0.4, -0.2) is 39.0 Å². The molecule has 0 radical (unpaired) electrons. The van der Waals surface area contributed by atoms with Crippen molar-refractivity contribution in [2.24, 2.45) is 5.92 Å². The molecule has 2 heterocycles. The van der Waals surface area contributed by atoms with Crippen molar-refractivity contribution in [2.45, 2.75) is 53.2 Å². The van der Waals surface area contributed by atoms with Gasteiger partial charge in [0.2, 0.25) is 0 Å². The number of ether oxygens (including phenoxy) is 1. The first kappa shape index (κ1) is 23.9. The number of hydrogen-bond acceptors (Lipinski definition) is 5. The molecule has 0 bridgehead atoms. The molecule has 1 N–H and O–H groups in total. The summed E-state index contributed by atoms with van der Waals surface area (Å²) in [6.45, 7) is 9.17. The van der Waals surface area contributed by atoms with Crippen LogP contribution in [0.3, 0.4) is 0 Å². The molecule has 178 valence electrons. The summed E-state index contributed by atoms with van der Waals surface area (Å²) in [4.78, 5) is 22.7. The Labute approximate surface area is 201 Å². The highest BCUT2D eigenvalue weighted by Crippen LogP contribution is 2.27. The Morgan fingerprint density at radius 2 is 1.94 bits per heavy atom. The van der Waals surface area contributed by atoms with Crippen molar-refractivity contribution in [1.29, 1.82) is 0 Å². The number of benzene rings is 2. The fourth-order valence-electron chi connectivity index (χ4n) is 4.46. The van der Waals surface area contributed by atoms with Gasteiger partial charge in [-0.15, -0.1) is 0 Å². The first-order valence-corrected chi connectivity index (χ1v) is 12.0. The summed E-state index contributed by atoms with van der Waals surface area (Å²) in [5.41, 5.74) is 6.74. The first-order chi connectivity index (χ1) is 16.4. The number of aliphatic carboxylic acids is 1. The summed E-state index contributed by atoms with van der Waals surface area (Å²) < 4.78 is 6.06. The third kappa shape index (κ3) is 6.00. The van der Waals surface area contributed by atoms with Gasteiger partial charge in [0.05, 0.1) is 5.69 Å². The van der Waals surface area contributed by atoms with Gasteiger partial charge < -0.3 is 9.84 Å². The zero-order chi connectivity index (χ0) is 24.1. The van der Waals surface area contributed by atoms with Crippen molar-refractivity contribution < 1.29 is 14.6 Å². The molecule has 1 aliphatic rings. The normalized spacial score (nSPS) is 14.4. The van der Waals surface area contributed by atoms with Crippen LogP contribution in [0.2, 0.25) is 0 Å². The topological polar surface area (TPSA) is 75.6 Å². The maximum absolute atomic E-state index is 10.9. The predicted molar refractivity (Wildman–Crippen MR) is 133 cm³/mol. The van der Waals surface area contributed by atoms with E-state index in [1.807, 2.05) is 32.2 Å². The standard InChI is InChI=1S/C28H33N3O3/c1-4-21-5-7-22(8-6-21)18-34-26-10-9-23(14-20(26)3)28-29-15-24-17-31(12-11-25(24)30-28)16-19(2)13-27(32)33/h5-10,14-15,19H,4,11-13,16-18H2,1-3H3,(H,32,33). The van der Waals surface area contributed by atoms with E-state index in [4.69, 9.17) is 14.8 Å². The van der Waals surface area contributed by atoms with Gasteiger partial charge in [-0.3, -0.25) is 9.69 Å². The second-order valence-electron chi connectivity index (χ2n) is 9.29. The van der Waals surface area contributed by atoms with E-state index in [0.29, 0.717) is 6.61 Å². The van der Waals surface area contributed by atoms with E-state index in [9.17, 15) is 4.79 Å². The minimum Gasteiger partial charge on any atom is -0.489 e. The lowest BCUT2D eigenvalue weighted by molar-refractivity contribution is -0.138. The Hall–Kier alpha value is -3.25. The van der Waals surface area contributed by atoms with E-state index in [0.717, 1.165) is 72.0 Å². The Morgan fingerprint density at radius 3 is 2.65 bits per heavy atom. The van der Waals surface area contributed by atoms with Gasteiger partial charge in [-0.2, -0.15) is 0 Å². The first-order valence-electron chi connectivity index (χ1n) is 12.0. The van der Waals surface area contributed by atoms with Crippen molar-refractivity contribution in [3.05, 3.63) is 76.6 Å². The van der Waals surface area contributed by atoms with Gasteiger partial charge in [-0.1, -0.05) is 38.1 Å². The largest absolute Gasteiger partial charge is 0.489 e. The van der Waals surface area contributed by atoms with Gasteiger partial charge >= 0.3 is 5.97 Å². The molecular weight excluding hydrogens is 426 g/mol. The number of fused-ring (bicyclic) bond motifs is 1. The van der Waals surface area contributed by atoms with E-state index in [1.165, 1.54) is 5.56 Å². The fourth-order valence-corrected chi connectivity index (χ4v) is 4.46. The second-order valence-corrected chi connectivity index (χ2v) is 9.29. The smallest absolute Gasteiger partial charge is 0.303 e. The highest BCUT2D eigenvalue weighted by Gasteiger charge is 2.21. The van der Waals surface area contributed by atoms with Crippen LogP contribution >= 0.6 is 0 Å². The van der Waals surface area contributed by atoms with Crippen molar-refractivity contribution in [1.82, 2.24) is 14.9 Å². The quantitative estimate of drug-likeness (QED) is 0.482. The molecule has 0 aliphatic carbocycles. The highest BCUT2D eigenvalue weighted by atomic mass is 16.5. The lowest BCUT2D eigenvalue weighted by Crippen LogP contribution is -2.35. The fraction of sp³-hybridized carbons (Fsp3) is 0.393. The molecule has 0 spiro atoms. The van der Waals surface area contributed by atoms with Crippen LogP contribution in [0.15, 0.2) is 48.7 Å². The highest BCUT2D eigenvalue weighted by molar-refractivity contribution is 5.67. The van der Waals surface area contributed by atoms with Crippen LogP contribution in [0.4, 0.5) is 0 Å². The average molecular weight is 460 g/mol. The number of carboxylic acids is 1. The van der Waals surface area contributed by atoms with Gasteiger partial charge in [0.25, 0.3) is 0 Å². The molecule has 0 saturated carbocycles. The van der Waals surface area contributed by atoms with Gasteiger partial charge in [0.1, 0.15) is 12.4 Å². The third-order valence-electron chi connectivity index (χ3n) is 6.36. The number of aryl methyl sites for hydroxylation is 2. The zero-order valence-corrected chi connectivity index (χ0v) is 20.3. The molecule has 1 unspecified atom stereocenters. The Balaban J connectivity index is 1.40. The molecule has 6 heteroatoms. The molecule has 1 aromatic heterocycles. The van der Waals surface area contributed by atoms with Crippen LogP contribution in [-0.2, 0) is 30.8 Å². The van der Waals surface area contributed by atoms with Crippen LogP contribution in [0.1, 0.15) is 48.2 Å². The molecule has 6 nitrogen and oxygen atoms in total. The SMILES string of the molecule is CCc1ccc(COc2ccc(-c3ncc4c(n3)CCN(CC(C)CC(=O)O)C4)cc2C)cc1. The Bertz CT molecular complexity index is 1140. The number of aromatic nitrogens is 2. The Kier molecular flexibility index (Phi) is 7.58. The van der Waals surface area contributed by atoms with E-state index < -0.39 is 5.97 Å². The lowest BCUT2D eigenvalue weighted by Gasteiger charge is -2.29. The molecule has 4 rings (SSSR count). The summed E-state index contributed by atoms with van der Waals surface area (Å²) >= 11 is 0. The average Bonchev–Trinajstić information content (AvgIpc) is 2.82. The summed E-state index contributed by atoms with van der Waals surface area (Å²) in [7, 11) is 0. The van der Waals surface area contributed by atoms with Crippen LogP contribution in [0.5, 0.6) is 5.75 Å². The molecule has 2 aromatic carbocycles. The summed E-state index contributed by atoms with van der Waals surface area (Å²) in [6, 6.07) is 14.6. The second kappa shape index (κ2) is 10.8. The molecule has 1 atom stereocenters. The molecule has 0 amide bonds. The maximum atomic E-state index is 10.9. The molecule has 34 heavy (non-hydrogen) atoms. The summed E-state index contributed by atoms with van der Waals surface area (Å²) in [5.74, 6) is 0.984. The van der Waals surface area contributed by atoms with Crippen molar-refractivity contribution >= 4 is 5.97 Å². The number of carbonyl (C=O) groups is 1. The van der Waals surface area contributed by atoms with Crippen molar-refractivity contribution in [2.75, 3.05) is 13.1 Å². The number of carboxylic acid groups (broad SMARTS) is 1. The van der Waals surface area contributed by atoms with E-state index in [-0.39, 0.29) is 12.3 Å². The number of hydrogen-bond donors (Lipinski definition) is 1. The van der Waals surface area contributed by atoms with Gasteiger partial charge in [0, 0.05) is 49.8 Å². The predicted octanol–water partition coefficient (Wildman–Crippen LogP) is 5.06. The summed E-state index contributed by atoms with van der Waals surface area (Å²) in [6.07, 6.45) is 4.01. The maximum Gasteiger partial charge on any atom is 0.303 e. The van der Waals surface area contributed by atoms with Crippen LogP contribution in [0, 0.1) is 12.8 Å².